The summed E-state index contributed by atoms with van der Waals surface area (Å²) in [4.78, 5) is 4.39. The van der Waals surface area contributed by atoms with Gasteiger partial charge in [0.1, 0.15) is 5.60 Å². The SMILES string of the molecule is CC#Cc1cnc2c(c1)CCC1(CCC1)O2. The van der Waals surface area contributed by atoms with Crippen LogP contribution >= 0.6 is 0 Å². The Bertz CT molecular complexity index is 477. The molecule has 0 aromatic carbocycles. The number of aryl methyl sites for hydroxylation is 1. The summed E-state index contributed by atoms with van der Waals surface area (Å²) >= 11 is 0. The van der Waals surface area contributed by atoms with E-state index in [1.807, 2.05) is 13.1 Å². The molecule has 0 atom stereocenters. The lowest BCUT2D eigenvalue weighted by atomic mass is 9.75. The van der Waals surface area contributed by atoms with Crippen molar-refractivity contribution < 1.29 is 4.74 Å². The molecule has 1 aliphatic heterocycles. The summed E-state index contributed by atoms with van der Waals surface area (Å²) in [5, 5.41) is 0. The van der Waals surface area contributed by atoms with E-state index in [2.05, 4.69) is 22.9 Å². The van der Waals surface area contributed by atoms with Gasteiger partial charge in [-0.3, -0.25) is 0 Å². The normalized spacial score (nSPS) is 20.1. The van der Waals surface area contributed by atoms with Gasteiger partial charge in [-0.15, -0.1) is 5.92 Å². The molecule has 2 aliphatic rings. The Balaban J connectivity index is 1.91. The quantitative estimate of drug-likeness (QED) is 0.618. The molecule has 1 spiro atoms. The van der Waals surface area contributed by atoms with Gasteiger partial charge < -0.3 is 4.74 Å². The van der Waals surface area contributed by atoms with Gasteiger partial charge in [0, 0.05) is 17.3 Å². The summed E-state index contributed by atoms with van der Waals surface area (Å²) < 4.78 is 6.03. The molecule has 0 saturated heterocycles. The average Bonchev–Trinajstić information content (AvgIpc) is 2.27. The van der Waals surface area contributed by atoms with Crippen molar-refractivity contribution in [1.82, 2.24) is 4.98 Å². The van der Waals surface area contributed by atoms with Gasteiger partial charge in [-0.05, 0) is 45.1 Å². The lowest BCUT2D eigenvalue weighted by molar-refractivity contribution is -0.0289. The van der Waals surface area contributed by atoms with Crippen LogP contribution in [0.3, 0.4) is 0 Å². The minimum atomic E-state index is 0.137. The first-order valence-corrected chi connectivity index (χ1v) is 5.92. The van der Waals surface area contributed by atoms with Crippen LogP contribution in [0.2, 0.25) is 0 Å². The topological polar surface area (TPSA) is 22.1 Å². The van der Waals surface area contributed by atoms with Crippen LogP contribution in [-0.2, 0) is 6.42 Å². The molecule has 1 aromatic rings. The van der Waals surface area contributed by atoms with E-state index >= 15 is 0 Å². The maximum Gasteiger partial charge on any atom is 0.217 e. The molecule has 2 heterocycles. The molecule has 0 unspecified atom stereocenters. The lowest BCUT2D eigenvalue weighted by Gasteiger charge is -2.44. The second kappa shape index (κ2) is 3.52. The first-order valence-electron chi connectivity index (χ1n) is 5.92. The van der Waals surface area contributed by atoms with Crippen molar-refractivity contribution in [2.45, 2.75) is 44.6 Å². The van der Waals surface area contributed by atoms with E-state index in [0.717, 1.165) is 24.3 Å². The van der Waals surface area contributed by atoms with E-state index in [4.69, 9.17) is 4.74 Å². The number of pyridine rings is 1. The molecular formula is C14H15NO. The van der Waals surface area contributed by atoms with Crippen molar-refractivity contribution in [1.29, 1.82) is 0 Å². The molecule has 16 heavy (non-hydrogen) atoms. The van der Waals surface area contributed by atoms with Crippen molar-refractivity contribution in [2.75, 3.05) is 0 Å². The summed E-state index contributed by atoms with van der Waals surface area (Å²) in [6.45, 7) is 1.85. The van der Waals surface area contributed by atoms with E-state index in [1.54, 1.807) is 0 Å². The van der Waals surface area contributed by atoms with Crippen molar-refractivity contribution in [3.63, 3.8) is 0 Å². The van der Waals surface area contributed by atoms with Crippen molar-refractivity contribution in [3.8, 4) is 17.7 Å². The van der Waals surface area contributed by atoms with E-state index in [0.29, 0.717) is 0 Å². The highest BCUT2D eigenvalue weighted by atomic mass is 16.5. The number of aromatic nitrogens is 1. The van der Waals surface area contributed by atoms with Crippen LogP contribution in [0.4, 0.5) is 0 Å². The molecular weight excluding hydrogens is 198 g/mol. The number of rotatable bonds is 0. The summed E-state index contributed by atoms with van der Waals surface area (Å²) in [5.74, 6) is 6.78. The minimum absolute atomic E-state index is 0.137. The monoisotopic (exact) mass is 213 g/mol. The van der Waals surface area contributed by atoms with Crippen molar-refractivity contribution in [3.05, 3.63) is 23.4 Å². The van der Waals surface area contributed by atoms with Gasteiger partial charge in [-0.2, -0.15) is 0 Å². The van der Waals surface area contributed by atoms with Gasteiger partial charge in [0.05, 0.1) is 0 Å². The zero-order chi connectivity index (χ0) is 11.0. The third-order valence-electron chi connectivity index (χ3n) is 3.62. The minimum Gasteiger partial charge on any atom is -0.471 e. The van der Waals surface area contributed by atoms with Crippen LogP contribution in [0.15, 0.2) is 12.3 Å². The second-order valence-corrected chi connectivity index (χ2v) is 4.70. The van der Waals surface area contributed by atoms with Crippen LogP contribution < -0.4 is 4.74 Å². The fourth-order valence-corrected chi connectivity index (χ4v) is 2.52. The molecule has 1 aliphatic carbocycles. The molecule has 0 radical (unpaired) electrons. The van der Waals surface area contributed by atoms with Crippen LogP contribution in [0, 0.1) is 11.8 Å². The van der Waals surface area contributed by atoms with Crippen LogP contribution in [-0.4, -0.2) is 10.6 Å². The first-order chi connectivity index (χ1) is 7.81. The third kappa shape index (κ3) is 1.48. The Labute approximate surface area is 96.0 Å². The van der Waals surface area contributed by atoms with Gasteiger partial charge in [-0.1, -0.05) is 5.92 Å². The number of hydrogen-bond donors (Lipinski definition) is 0. The fourth-order valence-electron chi connectivity index (χ4n) is 2.52. The van der Waals surface area contributed by atoms with Crippen molar-refractivity contribution in [2.24, 2.45) is 0 Å². The number of hydrogen-bond acceptors (Lipinski definition) is 2. The Kier molecular flexibility index (Phi) is 2.14. The predicted molar refractivity (Wildman–Crippen MR) is 62.3 cm³/mol. The van der Waals surface area contributed by atoms with Crippen LogP contribution in [0.5, 0.6) is 5.88 Å². The highest BCUT2D eigenvalue weighted by molar-refractivity contribution is 5.40. The van der Waals surface area contributed by atoms with Gasteiger partial charge in [0.25, 0.3) is 0 Å². The zero-order valence-corrected chi connectivity index (χ0v) is 9.55. The number of ether oxygens (including phenoxy) is 1. The van der Waals surface area contributed by atoms with Gasteiger partial charge >= 0.3 is 0 Å². The van der Waals surface area contributed by atoms with Gasteiger partial charge in [0.2, 0.25) is 5.88 Å². The van der Waals surface area contributed by atoms with E-state index in [9.17, 15) is 0 Å². The number of nitrogens with zero attached hydrogens (tertiary/aromatic N) is 1. The largest absolute Gasteiger partial charge is 0.471 e. The molecule has 2 nitrogen and oxygen atoms in total. The highest BCUT2D eigenvalue weighted by Gasteiger charge is 2.42. The van der Waals surface area contributed by atoms with Gasteiger partial charge in [-0.25, -0.2) is 4.98 Å². The average molecular weight is 213 g/mol. The summed E-state index contributed by atoms with van der Waals surface area (Å²) in [6.07, 6.45) is 7.74. The van der Waals surface area contributed by atoms with E-state index < -0.39 is 0 Å². The molecule has 0 amide bonds. The molecule has 0 bridgehead atoms. The molecule has 1 fully saturated rings. The Hall–Kier alpha value is -1.49. The maximum absolute atomic E-state index is 6.03. The highest BCUT2D eigenvalue weighted by Crippen LogP contribution is 2.44. The lowest BCUT2D eigenvalue weighted by Crippen LogP contribution is -2.45. The molecule has 1 aromatic heterocycles. The summed E-state index contributed by atoms with van der Waals surface area (Å²) in [7, 11) is 0. The van der Waals surface area contributed by atoms with Crippen molar-refractivity contribution >= 4 is 0 Å². The first kappa shape index (κ1) is 9.72. The molecule has 0 N–H and O–H groups in total. The smallest absolute Gasteiger partial charge is 0.217 e. The van der Waals surface area contributed by atoms with E-state index in [1.165, 1.54) is 24.8 Å². The molecule has 1 saturated carbocycles. The summed E-state index contributed by atoms with van der Waals surface area (Å²) in [6, 6.07) is 2.12. The summed E-state index contributed by atoms with van der Waals surface area (Å²) in [5.41, 5.74) is 2.35. The van der Waals surface area contributed by atoms with Gasteiger partial charge in [0.15, 0.2) is 0 Å². The van der Waals surface area contributed by atoms with Crippen LogP contribution in [0.1, 0.15) is 43.7 Å². The molecule has 3 rings (SSSR count). The van der Waals surface area contributed by atoms with E-state index in [-0.39, 0.29) is 5.60 Å². The Morgan fingerprint density at radius 2 is 2.25 bits per heavy atom. The zero-order valence-electron chi connectivity index (χ0n) is 9.55. The maximum atomic E-state index is 6.03. The standard InChI is InChI=1S/C14H15NO/c1-2-4-11-9-12-5-8-14(6-3-7-14)16-13(12)15-10-11/h9-10H,3,5-8H2,1H3. The fraction of sp³-hybridized carbons (Fsp3) is 0.500. The third-order valence-corrected chi connectivity index (χ3v) is 3.62. The van der Waals surface area contributed by atoms with Crippen LogP contribution in [0.25, 0.3) is 0 Å². The Morgan fingerprint density at radius 3 is 2.94 bits per heavy atom. The predicted octanol–water partition coefficient (Wildman–Crippen LogP) is 2.70. The Morgan fingerprint density at radius 1 is 1.38 bits per heavy atom. The molecule has 82 valence electrons. The number of fused-ring (bicyclic) bond motifs is 1. The molecule has 2 heteroatoms. The second-order valence-electron chi connectivity index (χ2n) is 4.70.